The predicted molar refractivity (Wildman–Crippen MR) is 216 cm³/mol. The summed E-state index contributed by atoms with van der Waals surface area (Å²) in [5.41, 5.74) is 5.51. The molecule has 7 N–H and O–H groups in total. The van der Waals surface area contributed by atoms with Crippen LogP contribution in [0.25, 0.3) is 32.3 Å². The van der Waals surface area contributed by atoms with Gasteiger partial charge >= 0.3 is 0 Å². The van der Waals surface area contributed by atoms with E-state index in [1.807, 2.05) is 0 Å². The highest BCUT2D eigenvalue weighted by Gasteiger charge is 2.23. The van der Waals surface area contributed by atoms with Crippen molar-refractivity contribution in [1.82, 2.24) is 0 Å². The predicted octanol–water partition coefficient (Wildman–Crippen LogP) is 8.67. The Morgan fingerprint density at radius 1 is 0.417 bits per heavy atom. The van der Waals surface area contributed by atoms with Crippen LogP contribution in [0.3, 0.4) is 0 Å². The Morgan fingerprint density at radius 2 is 0.867 bits per heavy atom. The lowest BCUT2D eigenvalue weighted by Crippen LogP contribution is -1.99. The second kappa shape index (κ2) is 15.2. The number of phenolic OH excluding ortho intramolecular Hbond substituents is 1. The molecule has 0 spiro atoms. The highest BCUT2D eigenvalue weighted by atomic mass is 32.2. The molecule has 7 rings (SSSR count). The van der Waals surface area contributed by atoms with Crippen molar-refractivity contribution in [2.24, 2.45) is 30.7 Å². The number of nitrogen functional groups attached to an aromatic ring is 1. The standard InChI is InChI=1S/C36H25N7O13S4/c37-20-4-7-25-19(14-20)15-34(60(54,55)56)35(36(25)44)43-42-31-11-13-33(29-18-24(59(51,52)53)6-9-27(29)31)41-40-30-10-12-32(28-17-23(58(48,49)50)5-8-26(28)30)39-38-21-2-1-3-22(16-21)57(45,46)47/h1-18,44H,37H2,(H,45,46,47)(H,48,49,50)(H,51,52,53)(H,54,55,56). The average molecular weight is 892 g/mol. The van der Waals surface area contributed by atoms with E-state index in [1.54, 1.807) is 0 Å². The highest BCUT2D eigenvalue weighted by Crippen LogP contribution is 2.44. The lowest BCUT2D eigenvalue weighted by Gasteiger charge is -2.10. The molecule has 0 bridgehead atoms. The molecule has 0 amide bonds. The minimum Gasteiger partial charge on any atom is -0.505 e. The molecule has 0 saturated heterocycles. The number of aromatic hydroxyl groups is 1. The number of fused-ring (bicyclic) bond motifs is 3. The second-order valence-corrected chi connectivity index (χ2v) is 18.3. The molecule has 20 nitrogen and oxygen atoms in total. The molecular weight excluding hydrogens is 867 g/mol. The minimum atomic E-state index is -4.98. The van der Waals surface area contributed by atoms with Crippen LogP contribution >= 0.6 is 0 Å². The molecule has 0 heterocycles. The van der Waals surface area contributed by atoms with Gasteiger partial charge in [0.05, 0.1) is 43.1 Å². The van der Waals surface area contributed by atoms with Gasteiger partial charge in [-0.25, -0.2) is 0 Å². The molecule has 7 aromatic rings. The third-order valence-corrected chi connectivity index (χ3v) is 12.2. The Bertz CT molecular complexity index is 3530. The molecule has 0 aliphatic rings. The fraction of sp³-hybridized carbons (Fsp3) is 0. The van der Waals surface area contributed by atoms with Gasteiger partial charge < -0.3 is 10.8 Å². The van der Waals surface area contributed by atoms with E-state index in [1.165, 1.54) is 66.7 Å². The summed E-state index contributed by atoms with van der Waals surface area (Å²) in [6.07, 6.45) is 0. The van der Waals surface area contributed by atoms with E-state index in [2.05, 4.69) is 30.7 Å². The van der Waals surface area contributed by atoms with Crippen molar-refractivity contribution in [3.05, 3.63) is 109 Å². The van der Waals surface area contributed by atoms with Crippen molar-refractivity contribution >= 4 is 113 Å². The fourth-order valence-corrected chi connectivity index (χ4v) is 8.15. The summed E-state index contributed by atoms with van der Waals surface area (Å²) in [6.45, 7) is 0. The third-order valence-electron chi connectivity index (χ3n) is 8.74. The lowest BCUT2D eigenvalue weighted by atomic mass is 10.1. The van der Waals surface area contributed by atoms with Gasteiger partial charge in [0.1, 0.15) is 10.6 Å². The minimum absolute atomic E-state index is 0.00522. The molecule has 0 fully saturated rings. The molecule has 0 aromatic heterocycles. The number of azo groups is 3. The smallest absolute Gasteiger partial charge is 0.296 e. The van der Waals surface area contributed by atoms with Gasteiger partial charge in [-0.3, -0.25) is 18.2 Å². The first-order valence-corrected chi connectivity index (χ1v) is 22.3. The second-order valence-electron chi connectivity index (χ2n) is 12.7. The maximum absolute atomic E-state index is 12.4. The fourth-order valence-electron chi connectivity index (χ4n) is 5.95. The summed E-state index contributed by atoms with van der Waals surface area (Å²) in [5, 5.41) is 36.5. The van der Waals surface area contributed by atoms with E-state index < -0.39 is 71.5 Å². The number of benzene rings is 7. The van der Waals surface area contributed by atoms with Crippen LogP contribution in [-0.2, 0) is 40.5 Å². The van der Waals surface area contributed by atoms with Crippen LogP contribution in [0.1, 0.15) is 0 Å². The quantitative estimate of drug-likeness (QED) is 0.0425. The van der Waals surface area contributed by atoms with E-state index >= 15 is 0 Å². The normalized spacial score (nSPS) is 13.1. The summed E-state index contributed by atoms with van der Waals surface area (Å²) >= 11 is 0. The summed E-state index contributed by atoms with van der Waals surface area (Å²) < 4.78 is 135. The molecule has 306 valence electrons. The summed E-state index contributed by atoms with van der Waals surface area (Å²) in [4.78, 5) is -2.32. The van der Waals surface area contributed by atoms with Gasteiger partial charge in [-0.1, -0.05) is 18.2 Å². The van der Waals surface area contributed by atoms with E-state index in [4.69, 9.17) is 5.73 Å². The van der Waals surface area contributed by atoms with E-state index in [0.29, 0.717) is 0 Å². The molecule has 60 heavy (non-hydrogen) atoms. The molecule has 24 heteroatoms. The largest absolute Gasteiger partial charge is 0.505 e. The van der Waals surface area contributed by atoms with Crippen LogP contribution in [0.2, 0.25) is 0 Å². The van der Waals surface area contributed by atoms with Crippen LogP contribution in [0.15, 0.2) is 159 Å². The molecule has 0 aliphatic carbocycles. The highest BCUT2D eigenvalue weighted by molar-refractivity contribution is 7.86. The van der Waals surface area contributed by atoms with Gasteiger partial charge in [0.25, 0.3) is 40.5 Å². The molecule has 0 unspecified atom stereocenters. The Hall–Kier alpha value is -6.64. The van der Waals surface area contributed by atoms with Gasteiger partial charge in [0, 0.05) is 32.6 Å². The molecule has 0 saturated carbocycles. The maximum Gasteiger partial charge on any atom is 0.296 e. The average Bonchev–Trinajstić information content (AvgIpc) is 3.17. The Kier molecular flexibility index (Phi) is 10.5. The molecule has 0 aliphatic heterocycles. The van der Waals surface area contributed by atoms with Crippen molar-refractivity contribution in [3.8, 4) is 5.75 Å². The van der Waals surface area contributed by atoms with Crippen LogP contribution in [0.4, 0.5) is 39.8 Å². The van der Waals surface area contributed by atoms with Crippen molar-refractivity contribution < 1.29 is 57.0 Å². The first-order valence-electron chi connectivity index (χ1n) is 16.5. The maximum atomic E-state index is 12.4. The van der Waals surface area contributed by atoms with Crippen LogP contribution in [0, 0.1) is 0 Å². The lowest BCUT2D eigenvalue weighted by molar-refractivity contribution is 0.472. The Balaban J connectivity index is 1.35. The number of hydrogen-bond acceptors (Lipinski definition) is 16. The van der Waals surface area contributed by atoms with Crippen molar-refractivity contribution in [2.45, 2.75) is 19.6 Å². The monoisotopic (exact) mass is 891 g/mol. The first-order chi connectivity index (χ1) is 28.1. The summed E-state index contributed by atoms with van der Waals surface area (Å²) in [6, 6.07) is 22.4. The topological polar surface area (TPSA) is 338 Å². The van der Waals surface area contributed by atoms with E-state index in [-0.39, 0.29) is 66.4 Å². The first kappa shape index (κ1) is 41.5. The number of nitrogens with zero attached hydrogens (tertiary/aromatic N) is 6. The van der Waals surface area contributed by atoms with E-state index in [0.717, 1.165) is 42.5 Å². The third kappa shape index (κ3) is 8.56. The number of anilines is 1. The van der Waals surface area contributed by atoms with Crippen molar-refractivity contribution in [1.29, 1.82) is 0 Å². The van der Waals surface area contributed by atoms with Gasteiger partial charge in [0.15, 0.2) is 5.75 Å². The summed E-state index contributed by atoms with van der Waals surface area (Å²) in [7, 11) is -19.0. The number of hydrogen-bond donors (Lipinski definition) is 6. The van der Waals surface area contributed by atoms with Gasteiger partial charge in [-0.2, -0.15) is 38.8 Å². The van der Waals surface area contributed by atoms with Crippen molar-refractivity contribution in [3.63, 3.8) is 0 Å². The van der Waals surface area contributed by atoms with Gasteiger partial charge in [-0.15, -0.1) is 25.6 Å². The number of nitrogens with two attached hydrogens (primary N) is 1. The van der Waals surface area contributed by atoms with Crippen LogP contribution in [-0.4, -0.2) is 57.0 Å². The summed E-state index contributed by atoms with van der Waals surface area (Å²) in [5.74, 6) is -0.651. The molecular formula is C36H25N7O13S4. The van der Waals surface area contributed by atoms with Crippen LogP contribution in [0.5, 0.6) is 5.75 Å². The molecule has 0 atom stereocenters. The molecule has 0 radical (unpaired) electrons. The van der Waals surface area contributed by atoms with Crippen molar-refractivity contribution in [2.75, 3.05) is 5.73 Å². The molecule has 7 aromatic carbocycles. The Labute approximate surface area is 339 Å². The number of rotatable bonds is 10. The zero-order valence-electron chi connectivity index (χ0n) is 29.8. The Morgan fingerprint density at radius 3 is 1.37 bits per heavy atom. The van der Waals surface area contributed by atoms with Gasteiger partial charge in [0.2, 0.25) is 0 Å². The van der Waals surface area contributed by atoms with Gasteiger partial charge in [-0.05, 0) is 96.4 Å². The van der Waals surface area contributed by atoms with E-state index in [9.17, 15) is 57.0 Å². The SMILES string of the molecule is Nc1ccc2c(O)c(N=Nc3ccc(N=Nc4ccc(N=Nc5cccc(S(=O)(=O)O)c5)c5cc(S(=O)(=O)O)ccc45)c4cc(S(=O)(=O)O)ccc34)c(S(=O)(=O)O)cc2c1. The zero-order chi connectivity index (χ0) is 43.4. The zero-order valence-corrected chi connectivity index (χ0v) is 33.1. The van der Waals surface area contributed by atoms with Crippen LogP contribution < -0.4 is 5.73 Å². The number of phenols is 1.